The molecule has 0 aromatic carbocycles. The zero-order valence-electron chi connectivity index (χ0n) is 17.9. The second-order valence-corrected chi connectivity index (χ2v) is 9.42. The Bertz CT molecular complexity index is 548. The number of likely N-dealkylation sites (tertiary alicyclic amines) is 1. The predicted octanol–water partition coefficient (Wildman–Crippen LogP) is 1.83. The lowest BCUT2D eigenvalue weighted by Gasteiger charge is -2.36. The molecule has 7 nitrogen and oxygen atoms in total. The Morgan fingerprint density at radius 1 is 1.19 bits per heavy atom. The van der Waals surface area contributed by atoms with Gasteiger partial charge < -0.3 is 20.7 Å². The van der Waals surface area contributed by atoms with Gasteiger partial charge in [-0.2, -0.15) is 0 Å². The minimum absolute atomic E-state index is 0.0691. The fourth-order valence-electron chi connectivity index (χ4n) is 3.49. The second-order valence-electron chi connectivity index (χ2n) is 9.42. The Morgan fingerprint density at radius 2 is 1.78 bits per heavy atom. The van der Waals surface area contributed by atoms with Crippen molar-refractivity contribution in [2.45, 2.75) is 85.4 Å². The molecule has 2 amide bonds. The van der Waals surface area contributed by atoms with Crippen molar-refractivity contribution in [2.75, 3.05) is 13.1 Å². The van der Waals surface area contributed by atoms with E-state index >= 15 is 0 Å². The van der Waals surface area contributed by atoms with E-state index in [2.05, 4.69) is 12.2 Å². The highest BCUT2D eigenvalue weighted by Crippen LogP contribution is 2.33. The quantitative estimate of drug-likeness (QED) is 0.682. The molecular formula is C20H37N3O4. The number of hydrogen-bond donors (Lipinski definition) is 2. The van der Waals surface area contributed by atoms with Crippen molar-refractivity contribution in [1.82, 2.24) is 10.2 Å². The van der Waals surface area contributed by atoms with Crippen molar-refractivity contribution in [3.8, 4) is 0 Å². The minimum atomic E-state index is -0.751. The average Bonchev–Trinajstić information content (AvgIpc) is 2.93. The average molecular weight is 384 g/mol. The molecule has 1 fully saturated rings. The molecule has 7 heteroatoms. The van der Waals surface area contributed by atoms with Crippen LogP contribution in [-0.4, -0.2) is 53.5 Å². The fourth-order valence-corrected chi connectivity index (χ4v) is 3.49. The number of nitrogens with zero attached hydrogens (tertiary/aromatic N) is 1. The summed E-state index contributed by atoms with van der Waals surface area (Å²) in [4.78, 5) is 39.7. The molecule has 1 aliphatic rings. The summed E-state index contributed by atoms with van der Waals surface area (Å²) in [6.07, 6.45) is 2.53. The summed E-state index contributed by atoms with van der Waals surface area (Å²) in [5.41, 5.74) is 4.28. The van der Waals surface area contributed by atoms with Crippen molar-refractivity contribution in [3.63, 3.8) is 0 Å². The summed E-state index contributed by atoms with van der Waals surface area (Å²) in [7, 11) is 0. The van der Waals surface area contributed by atoms with Crippen LogP contribution in [0.15, 0.2) is 0 Å². The van der Waals surface area contributed by atoms with Crippen LogP contribution in [0.25, 0.3) is 0 Å². The molecule has 3 N–H and O–H groups in total. The van der Waals surface area contributed by atoms with Gasteiger partial charge in [0.2, 0.25) is 11.8 Å². The molecule has 3 atom stereocenters. The summed E-state index contributed by atoms with van der Waals surface area (Å²) in [5.74, 6) is -0.940. The van der Waals surface area contributed by atoms with E-state index in [1.807, 2.05) is 41.5 Å². The van der Waals surface area contributed by atoms with Gasteiger partial charge in [-0.3, -0.25) is 9.59 Å². The van der Waals surface area contributed by atoms with E-state index in [1.165, 1.54) is 0 Å². The van der Waals surface area contributed by atoms with Gasteiger partial charge >= 0.3 is 5.97 Å². The van der Waals surface area contributed by atoms with E-state index in [0.717, 1.165) is 19.3 Å². The Balaban J connectivity index is 3.15. The molecular weight excluding hydrogens is 346 g/mol. The number of hydrogen-bond acceptors (Lipinski definition) is 5. The molecule has 156 valence electrons. The zero-order chi connectivity index (χ0) is 21.0. The standard InChI is InChI=1S/C20H37N3O4/c1-8-9-13-10-11-23(15(13)18(26)27-20(5,6)7)17(25)16(19(2,3)4)22-14(24)12-21/h13,15-16H,8-12,21H2,1-7H3,(H,22,24)/t13-,15-,16?/m0/s1. The molecule has 1 rings (SSSR count). The van der Waals surface area contributed by atoms with Crippen LogP contribution in [0, 0.1) is 11.3 Å². The lowest BCUT2D eigenvalue weighted by atomic mass is 9.85. The third kappa shape index (κ3) is 6.48. The van der Waals surface area contributed by atoms with E-state index in [-0.39, 0.29) is 30.2 Å². The molecule has 0 spiro atoms. The molecule has 0 aliphatic carbocycles. The first-order valence-corrected chi connectivity index (χ1v) is 9.84. The normalized spacial score (nSPS) is 21.7. The fraction of sp³-hybridized carbons (Fsp3) is 0.850. The number of amides is 2. The highest BCUT2D eigenvalue weighted by Gasteiger charge is 2.47. The first kappa shape index (κ1) is 23.4. The van der Waals surface area contributed by atoms with Crippen molar-refractivity contribution in [2.24, 2.45) is 17.1 Å². The van der Waals surface area contributed by atoms with Crippen LogP contribution in [-0.2, 0) is 19.1 Å². The lowest BCUT2D eigenvalue weighted by molar-refractivity contribution is -0.165. The minimum Gasteiger partial charge on any atom is -0.458 e. The van der Waals surface area contributed by atoms with Crippen molar-refractivity contribution in [3.05, 3.63) is 0 Å². The van der Waals surface area contributed by atoms with Crippen LogP contribution in [0.1, 0.15) is 67.7 Å². The SMILES string of the molecule is CCC[C@H]1CCN(C(=O)C(NC(=O)CN)C(C)(C)C)[C@@H]1C(=O)OC(C)(C)C. The summed E-state index contributed by atoms with van der Waals surface area (Å²) in [5, 5.41) is 2.73. The maximum absolute atomic E-state index is 13.3. The van der Waals surface area contributed by atoms with E-state index < -0.39 is 23.1 Å². The van der Waals surface area contributed by atoms with Gasteiger partial charge in [-0.05, 0) is 44.9 Å². The molecule has 1 heterocycles. The first-order valence-electron chi connectivity index (χ1n) is 9.84. The van der Waals surface area contributed by atoms with E-state index in [0.29, 0.717) is 6.54 Å². The van der Waals surface area contributed by atoms with E-state index in [9.17, 15) is 14.4 Å². The Morgan fingerprint density at radius 3 is 2.22 bits per heavy atom. The highest BCUT2D eigenvalue weighted by molar-refractivity contribution is 5.92. The Labute approximate surface area is 163 Å². The lowest BCUT2D eigenvalue weighted by Crippen LogP contribution is -2.58. The van der Waals surface area contributed by atoms with Gasteiger partial charge in [0, 0.05) is 6.54 Å². The van der Waals surface area contributed by atoms with Gasteiger partial charge in [0.15, 0.2) is 0 Å². The number of ether oxygens (including phenoxy) is 1. The van der Waals surface area contributed by atoms with Crippen LogP contribution < -0.4 is 11.1 Å². The summed E-state index contributed by atoms with van der Waals surface area (Å²) in [6, 6.07) is -1.37. The second kappa shape index (κ2) is 9.04. The molecule has 27 heavy (non-hydrogen) atoms. The predicted molar refractivity (Wildman–Crippen MR) is 105 cm³/mol. The topological polar surface area (TPSA) is 102 Å². The molecule has 0 saturated carbocycles. The first-order chi connectivity index (χ1) is 12.3. The van der Waals surface area contributed by atoms with Crippen LogP contribution in [0.3, 0.4) is 0 Å². The Hall–Kier alpha value is -1.63. The van der Waals surface area contributed by atoms with E-state index in [4.69, 9.17) is 10.5 Å². The summed E-state index contributed by atoms with van der Waals surface area (Å²) in [6.45, 7) is 13.5. The maximum Gasteiger partial charge on any atom is 0.329 e. The maximum atomic E-state index is 13.3. The molecule has 0 aromatic heterocycles. The number of carbonyl (C=O) groups excluding carboxylic acids is 3. The van der Waals surface area contributed by atoms with Crippen LogP contribution in [0.2, 0.25) is 0 Å². The summed E-state index contributed by atoms with van der Waals surface area (Å²) < 4.78 is 5.61. The third-order valence-corrected chi connectivity index (χ3v) is 4.72. The summed E-state index contributed by atoms with van der Waals surface area (Å²) >= 11 is 0. The van der Waals surface area contributed by atoms with E-state index in [1.54, 1.807) is 4.90 Å². The highest BCUT2D eigenvalue weighted by atomic mass is 16.6. The molecule has 1 saturated heterocycles. The molecule has 0 radical (unpaired) electrons. The van der Waals surface area contributed by atoms with Gasteiger partial charge in [0.25, 0.3) is 0 Å². The van der Waals surface area contributed by atoms with Gasteiger partial charge in [0.05, 0.1) is 6.54 Å². The van der Waals surface area contributed by atoms with Crippen LogP contribution in [0.4, 0.5) is 0 Å². The van der Waals surface area contributed by atoms with Gasteiger partial charge in [-0.25, -0.2) is 4.79 Å². The number of rotatable bonds is 6. The monoisotopic (exact) mass is 383 g/mol. The van der Waals surface area contributed by atoms with Gasteiger partial charge in [-0.15, -0.1) is 0 Å². The third-order valence-electron chi connectivity index (χ3n) is 4.72. The van der Waals surface area contributed by atoms with Crippen molar-refractivity contribution in [1.29, 1.82) is 0 Å². The molecule has 0 aromatic rings. The number of esters is 1. The smallest absolute Gasteiger partial charge is 0.329 e. The van der Waals surface area contributed by atoms with Crippen LogP contribution >= 0.6 is 0 Å². The van der Waals surface area contributed by atoms with Crippen molar-refractivity contribution >= 4 is 17.8 Å². The number of nitrogens with one attached hydrogen (secondary N) is 1. The van der Waals surface area contributed by atoms with Gasteiger partial charge in [0.1, 0.15) is 17.7 Å². The van der Waals surface area contributed by atoms with Crippen molar-refractivity contribution < 1.29 is 19.1 Å². The number of nitrogens with two attached hydrogens (primary N) is 1. The van der Waals surface area contributed by atoms with Crippen LogP contribution in [0.5, 0.6) is 0 Å². The zero-order valence-corrected chi connectivity index (χ0v) is 17.9. The number of carbonyl (C=O) groups is 3. The largest absolute Gasteiger partial charge is 0.458 e. The molecule has 0 bridgehead atoms. The Kier molecular flexibility index (Phi) is 7.84. The molecule has 1 unspecified atom stereocenters. The van der Waals surface area contributed by atoms with Gasteiger partial charge in [-0.1, -0.05) is 34.1 Å². The molecule has 1 aliphatic heterocycles.